The molecule has 1 aromatic carbocycles. The van der Waals surface area contributed by atoms with Crippen molar-refractivity contribution in [2.24, 2.45) is 11.8 Å². The molecule has 1 aromatic heterocycles. The van der Waals surface area contributed by atoms with Crippen molar-refractivity contribution < 1.29 is 17.9 Å². The van der Waals surface area contributed by atoms with Gasteiger partial charge in [0.1, 0.15) is 0 Å². The van der Waals surface area contributed by atoms with Gasteiger partial charge in [-0.05, 0) is 31.2 Å². The van der Waals surface area contributed by atoms with Gasteiger partial charge in [0.2, 0.25) is 20.9 Å². The molecule has 0 aliphatic carbocycles. The quantitative estimate of drug-likeness (QED) is 0.519. The van der Waals surface area contributed by atoms with Crippen LogP contribution in [0.1, 0.15) is 57.4 Å². The fourth-order valence-corrected chi connectivity index (χ4v) is 5.73. The lowest BCUT2D eigenvalue weighted by Gasteiger charge is -2.28. The highest BCUT2D eigenvalue weighted by atomic mass is 32.2. The monoisotopic (exact) mass is 475 g/mol. The van der Waals surface area contributed by atoms with Crippen molar-refractivity contribution in [2.75, 3.05) is 13.2 Å². The Hall–Kier alpha value is -2.19. The van der Waals surface area contributed by atoms with Crippen LogP contribution < -0.4 is 0 Å². The van der Waals surface area contributed by atoms with Crippen LogP contribution in [0, 0.1) is 18.8 Å². The molecule has 8 heteroatoms. The van der Waals surface area contributed by atoms with Crippen molar-refractivity contribution in [1.82, 2.24) is 14.5 Å². The molecule has 3 rings (SSSR count). The zero-order valence-electron chi connectivity index (χ0n) is 20.5. The van der Waals surface area contributed by atoms with Crippen LogP contribution >= 0.6 is 0 Å². The third-order valence-corrected chi connectivity index (χ3v) is 7.37. The minimum atomic E-state index is -3.66. The van der Waals surface area contributed by atoms with Gasteiger partial charge in [0.05, 0.1) is 30.3 Å². The molecule has 1 aliphatic rings. The molecule has 33 heavy (non-hydrogen) atoms. The maximum Gasteiger partial charge on any atom is 0.228 e. The van der Waals surface area contributed by atoms with E-state index in [1.165, 1.54) is 0 Å². The van der Waals surface area contributed by atoms with E-state index in [1.54, 1.807) is 15.7 Å². The van der Waals surface area contributed by atoms with E-state index in [2.05, 4.69) is 4.98 Å². The van der Waals surface area contributed by atoms with Gasteiger partial charge in [0.25, 0.3) is 0 Å². The van der Waals surface area contributed by atoms with Crippen molar-refractivity contribution in [2.45, 2.75) is 77.6 Å². The zero-order valence-corrected chi connectivity index (χ0v) is 21.3. The molecule has 2 aromatic rings. The van der Waals surface area contributed by atoms with Crippen LogP contribution in [-0.4, -0.2) is 48.0 Å². The number of hydrogen-bond donors (Lipinski definition) is 0. The van der Waals surface area contributed by atoms with Crippen molar-refractivity contribution in [3.63, 3.8) is 0 Å². The van der Waals surface area contributed by atoms with E-state index in [1.807, 2.05) is 58.9 Å². The van der Waals surface area contributed by atoms with Gasteiger partial charge < -0.3 is 14.2 Å². The van der Waals surface area contributed by atoms with Crippen molar-refractivity contribution in [1.29, 1.82) is 0 Å². The summed E-state index contributed by atoms with van der Waals surface area (Å²) in [6.45, 7) is 11.9. The minimum Gasteiger partial charge on any atom is -0.376 e. The van der Waals surface area contributed by atoms with Crippen LogP contribution in [-0.2, 0) is 38.2 Å². The van der Waals surface area contributed by atoms with E-state index in [9.17, 15) is 13.2 Å². The molecule has 1 aliphatic heterocycles. The summed E-state index contributed by atoms with van der Waals surface area (Å²) in [4.78, 5) is 19.1. The number of ether oxygens (including phenoxy) is 1. The van der Waals surface area contributed by atoms with Crippen molar-refractivity contribution in [3.8, 4) is 0 Å². The average Bonchev–Trinajstić information content (AvgIpc) is 3.37. The van der Waals surface area contributed by atoms with E-state index in [-0.39, 0.29) is 34.8 Å². The number of imidazole rings is 1. The van der Waals surface area contributed by atoms with Crippen LogP contribution in [0.15, 0.2) is 35.6 Å². The second kappa shape index (κ2) is 10.8. The number of rotatable bonds is 10. The number of aryl methyl sites for hydroxylation is 1. The number of amides is 1. The molecule has 2 heterocycles. The number of nitrogens with zero attached hydrogens (tertiary/aromatic N) is 3. The van der Waals surface area contributed by atoms with Gasteiger partial charge in [0, 0.05) is 25.6 Å². The number of benzene rings is 1. The molecular weight excluding hydrogens is 438 g/mol. The average molecular weight is 476 g/mol. The van der Waals surface area contributed by atoms with E-state index < -0.39 is 9.84 Å². The molecule has 182 valence electrons. The largest absolute Gasteiger partial charge is 0.376 e. The van der Waals surface area contributed by atoms with Gasteiger partial charge in [-0.25, -0.2) is 13.4 Å². The highest BCUT2D eigenvalue weighted by Gasteiger charge is 2.28. The Labute approximate surface area is 198 Å². The first kappa shape index (κ1) is 25.4. The number of sulfone groups is 1. The molecule has 0 N–H and O–H groups in total. The number of hydrogen-bond acceptors (Lipinski definition) is 5. The normalized spacial score (nSPS) is 16.6. The zero-order chi connectivity index (χ0) is 24.2. The summed E-state index contributed by atoms with van der Waals surface area (Å²) in [5.41, 5.74) is 2.50. The number of carbonyl (C=O) groups excluding carboxylic acids is 1. The molecule has 1 atom stereocenters. The summed E-state index contributed by atoms with van der Waals surface area (Å²) in [6.07, 6.45) is 3.57. The summed E-state index contributed by atoms with van der Waals surface area (Å²) in [5.74, 6) is -0.00372. The molecule has 1 saturated heterocycles. The Morgan fingerprint density at radius 1 is 1.27 bits per heavy atom. The molecule has 0 bridgehead atoms. The highest BCUT2D eigenvalue weighted by Crippen LogP contribution is 2.22. The van der Waals surface area contributed by atoms with E-state index in [4.69, 9.17) is 4.74 Å². The Kier molecular flexibility index (Phi) is 8.34. The second-order valence-corrected chi connectivity index (χ2v) is 11.7. The van der Waals surface area contributed by atoms with E-state index >= 15 is 0 Å². The second-order valence-electron chi connectivity index (χ2n) is 9.79. The predicted octanol–water partition coefficient (Wildman–Crippen LogP) is 3.99. The SMILES string of the molecule is Cc1cccc(CS(=O)(=O)c2ncc(CN(C[C@H]3CCCO3)C(=O)C(C)C)n2CC(C)C)c1. The lowest BCUT2D eigenvalue weighted by atomic mass is 10.1. The molecule has 7 nitrogen and oxygen atoms in total. The summed E-state index contributed by atoms with van der Waals surface area (Å²) in [6, 6.07) is 7.53. The smallest absolute Gasteiger partial charge is 0.228 e. The van der Waals surface area contributed by atoms with Gasteiger partial charge in [0.15, 0.2) is 0 Å². The van der Waals surface area contributed by atoms with Gasteiger partial charge in [-0.1, -0.05) is 57.5 Å². The first-order valence-electron chi connectivity index (χ1n) is 11.8. The maximum atomic E-state index is 13.4. The summed E-state index contributed by atoms with van der Waals surface area (Å²) in [5, 5.41) is 0.0711. The Morgan fingerprint density at radius 3 is 2.64 bits per heavy atom. The lowest BCUT2D eigenvalue weighted by Crippen LogP contribution is -2.39. The minimum absolute atomic E-state index is 0.0266. The van der Waals surface area contributed by atoms with Crippen molar-refractivity contribution in [3.05, 3.63) is 47.3 Å². The Morgan fingerprint density at radius 2 is 2.03 bits per heavy atom. The standard InChI is InChI=1S/C25H37N3O4S/c1-18(2)14-28-22(15-27(24(29)19(3)4)16-23-10-7-11-32-23)13-26-25(28)33(30,31)17-21-9-6-8-20(5)12-21/h6,8-9,12-13,18-19,23H,7,10-11,14-17H2,1-5H3/t23-/m1/s1. The van der Waals surface area contributed by atoms with E-state index in [0.717, 1.165) is 36.3 Å². The predicted molar refractivity (Wildman–Crippen MR) is 128 cm³/mol. The van der Waals surface area contributed by atoms with Gasteiger partial charge >= 0.3 is 0 Å². The maximum absolute atomic E-state index is 13.4. The lowest BCUT2D eigenvalue weighted by molar-refractivity contribution is -0.136. The Bertz CT molecular complexity index is 1050. The van der Waals surface area contributed by atoms with Crippen LogP contribution in [0.3, 0.4) is 0 Å². The van der Waals surface area contributed by atoms with Crippen LogP contribution in [0.2, 0.25) is 0 Å². The summed E-state index contributed by atoms with van der Waals surface area (Å²) >= 11 is 0. The Balaban J connectivity index is 1.92. The van der Waals surface area contributed by atoms with Gasteiger partial charge in [-0.15, -0.1) is 0 Å². The third-order valence-electron chi connectivity index (χ3n) is 5.77. The van der Waals surface area contributed by atoms with Gasteiger partial charge in [-0.2, -0.15) is 0 Å². The molecule has 1 amide bonds. The molecular formula is C25H37N3O4S. The van der Waals surface area contributed by atoms with Crippen LogP contribution in [0.25, 0.3) is 0 Å². The molecule has 0 spiro atoms. The summed E-state index contributed by atoms with van der Waals surface area (Å²) < 4.78 is 34.3. The first-order chi connectivity index (χ1) is 15.6. The van der Waals surface area contributed by atoms with Crippen LogP contribution in [0.4, 0.5) is 0 Å². The summed E-state index contributed by atoms with van der Waals surface area (Å²) in [7, 11) is -3.66. The fraction of sp³-hybridized carbons (Fsp3) is 0.600. The fourth-order valence-electron chi connectivity index (χ4n) is 4.24. The molecule has 1 fully saturated rings. The van der Waals surface area contributed by atoms with Gasteiger partial charge in [-0.3, -0.25) is 4.79 Å². The van der Waals surface area contributed by atoms with E-state index in [0.29, 0.717) is 19.6 Å². The molecule has 0 unspecified atom stereocenters. The molecule has 0 saturated carbocycles. The topological polar surface area (TPSA) is 81.5 Å². The molecule has 0 radical (unpaired) electrons. The first-order valence-corrected chi connectivity index (χ1v) is 13.4. The van der Waals surface area contributed by atoms with Crippen molar-refractivity contribution >= 4 is 15.7 Å². The third kappa shape index (κ3) is 6.67. The number of aromatic nitrogens is 2. The highest BCUT2D eigenvalue weighted by molar-refractivity contribution is 7.90. The van der Waals surface area contributed by atoms with Crippen LogP contribution in [0.5, 0.6) is 0 Å². The number of carbonyl (C=O) groups is 1.